The maximum Gasteiger partial charge on any atom is 0.239 e. The Labute approximate surface area is 77.4 Å². The van der Waals surface area contributed by atoms with Crippen molar-refractivity contribution in [1.82, 2.24) is 0 Å². The van der Waals surface area contributed by atoms with Crippen molar-refractivity contribution in [1.29, 1.82) is 0 Å². The Morgan fingerprint density at radius 2 is 2.18 bits per heavy atom. The quantitative estimate of drug-likeness (QED) is 0.827. The molecule has 1 aromatic heterocycles. The molecule has 0 unspecified atom stereocenters. The van der Waals surface area contributed by atoms with Crippen LogP contribution in [0, 0.1) is 6.92 Å². The lowest BCUT2D eigenvalue weighted by Gasteiger charge is -1.92. The van der Waals surface area contributed by atoms with Crippen LogP contribution in [0.5, 0.6) is 0 Å². The first-order valence-electron chi connectivity index (χ1n) is 2.70. The lowest BCUT2D eigenvalue weighted by atomic mass is 10.5. The fourth-order valence-electron chi connectivity index (χ4n) is 0.713. The number of hydrogen-bond acceptors (Lipinski definition) is 3. The van der Waals surface area contributed by atoms with E-state index >= 15 is 0 Å². The summed E-state index contributed by atoms with van der Waals surface area (Å²) in [5.74, 6) is 0. The van der Waals surface area contributed by atoms with Crippen molar-refractivity contribution < 1.29 is 8.42 Å². The van der Waals surface area contributed by atoms with E-state index < -0.39 is 10.0 Å². The van der Waals surface area contributed by atoms with Gasteiger partial charge in [0.05, 0.1) is 8.68 Å². The van der Waals surface area contributed by atoms with E-state index in [1.165, 1.54) is 17.4 Å². The summed E-state index contributed by atoms with van der Waals surface area (Å²) in [6.45, 7) is 1.72. The number of sulfonamides is 1. The molecule has 0 aliphatic carbocycles. The molecule has 2 N–H and O–H groups in total. The van der Waals surface area contributed by atoms with Gasteiger partial charge in [-0.3, -0.25) is 0 Å². The zero-order valence-corrected chi connectivity index (χ0v) is 8.88. The van der Waals surface area contributed by atoms with E-state index in [9.17, 15) is 8.42 Å². The molecule has 3 nitrogen and oxygen atoms in total. The Hall–Kier alpha value is 0.0900. The highest BCUT2D eigenvalue weighted by Gasteiger charge is 2.13. The average Bonchev–Trinajstić information content (AvgIpc) is 2.08. The highest BCUT2D eigenvalue weighted by molar-refractivity contribution is 9.11. The minimum Gasteiger partial charge on any atom is -0.225 e. The summed E-state index contributed by atoms with van der Waals surface area (Å²) in [6.07, 6.45) is 0. The standard InChI is InChI=1S/C5H6BrNO2S2/c1-3-4(11(7,8)9)2-5(6)10-3/h2H,1H3,(H2,7,8,9). The van der Waals surface area contributed by atoms with Gasteiger partial charge in [-0.15, -0.1) is 11.3 Å². The Kier molecular flexibility index (Phi) is 2.38. The second-order valence-electron chi connectivity index (χ2n) is 2.02. The minimum absolute atomic E-state index is 0.203. The van der Waals surface area contributed by atoms with Gasteiger partial charge in [0.2, 0.25) is 10.0 Å². The molecule has 0 aliphatic rings. The number of aryl methyl sites for hydroxylation is 1. The molecule has 0 radical (unpaired) electrons. The molecule has 0 atom stereocenters. The maximum absolute atomic E-state index is 10.8. The van der Waals surface area contributed by atoms with Crippen molar-refractivity contribution in [3.05, 3.63) is 14.7 Å². The molecule has 0 aromatic carbocycles. The van der Waals surface area contributed by atoms with Crippen LogP contribution in [0.3, 0.4) is 0 Å². The molecule has 6 heteroatoms. The number of nitrogens with two attached hydrogens (primary N) is 1. The van der Waals surface area contributed by atoms with Gasteiger partial charge in [-0.25, -0.2) is 13.6 Å². The zero-order valence-electron chi connectivity index (χ0n) is 5.67. The van der Waals surface area contributed by atoms with Crippen LogP contribution in [0.2, 0.25) is 0 Å². The van der Waals surface area contributed by atoms with E-state index in [-0.39, 0.29) is 4.90 Å². The molecule has 1 rings (SSSR count). The van der Waals surface area contributed by atoms with Crippen molar-refractivity contribution in [3.8, 4) is 0 Å². The predicted molar refractivity (Wildman–Crippen MR) is 48.1 cm³/mol. The third kappa shape index (κ3) is 2.02. The summed E-state index contributed by atoms with van der Waals surface area (Å²) in [4.78, 5) is 0.911. The summed E-state index contributed by atoms with van der Waals surface area (Å²) in [7, 11) is -3.53. The summed E-state index contributed by atoms with van der Waals surface area (Å²) < 4.78 is 22.4. The molecule has 11 heavy (non-hydrogen) atoms. The van der Waals surface area contributed by atoms with Crippen LogP contribution >= 0.6 is 27.3 Å². The van der Waals surface area contributed by atoms with E-state index in [2.05, 4.69) is 15.9 Å². The molecule has 1 heterocycles. The van der Waals surface area contributed by atoms with E-state index in [0.29, 0.717) is 4.88 Å². The summed E-state index contributed by atoms with van der Waals surface area (Å²) >= 11 is 4.53. The van der Waals surface area contributed by atoms with Crippen LogP contribution < -0.4 is 5.14 Å². The maximum atomic E-state index is 10.8. The first kappa shape index (κ1) is 9.18. The predicted octanol–water partition coefficient (Wildman–Crippen LogP) is 1.47. The molecule has 0 saturated heterocycles. The third-order valence-corrected chi connectivity index (χ3v) is 3.87. The van der Waals surface area contributed by atoms with E-state index in [0.717, 1.165) is 3.79 Å². The second-order valence-corrected chi connectivity index (χ2v) is 6.18. The fourth-order valence-corrected chi connectivity index (χ4v) is 3.68. The number of primary sulfonamides is 1. The normalized spacial score (nSPS) is 11.9. The Balaban J connectivity index is 3.36. The molecule has 0 fully saturated rings. The third-order valence-electron chi connectivity index (χ3n) is 1.15. The fraction of sp³-hybridized carbons (Fsp3) is 0.200. The van der Waals surface area contributed by atoms with Crippen LogP contribution in [0.4, 0.5) is 0 Å². The first-order valence-corrected chi connectivity index (χ1v) is 5.85. The molecule has 0 aliphatic heterocycles. The smallest absolute Gasteiger partial charge is 0.225 e. The summed E-state index contributed by atoms with van der Waals surface area (Å²) in [5.41, 5.74) is 0. The van der Waals surface area contributed by atoms with Crippen molar-refractivity contribution in [2.45, 2.75) is 11.8 Å². The number of thiophene rings is 1. The Morgan fingerprint density at radius 3 is 2.36 bits per heavy atom. The molecular weight excluding hydrogens is 250 g/mol. The summed E-state index contributed by atoms with van der Waals surface area (Å²) in [5, 5.41) is 4.93. The van der Waals surface area contributed by atoms with Gasteiger partial charge in [0.1, 0.15) is 0 Å². The van der Waals surface area contributed by atoms with Gasteiger partial charge in [-0.05, 0) is 28.9 Å². The van der Waals surface area contributed by atoms with Crippen LogP contribution in [-0.4, -0.2) is 8.42 Å². The second kappa shape index (κ2) is 2.85. The molecule has 62 valence electrons. The Bertz CT molecular complexity index is 368. The van der Waals surface area contributed by atoms with Gasteiger partial charge in [0, 0.05) is 4.88 Å². The van der Waals surface area contributed by atoms with Crippen LogP contribution in [0.15, 0.2) is 14.7 Å². The number of rotatable bonds is 1. The van der Waals surface area contributed by atoms with Crippen molar-refractivity contribution in [2.75, 3.05) is 0 Å². The van der Waals surface area contributed by atoms with Gasteiger partial charge in [0.25, 0.3) is 0 Å². The first-order chi connectivity index (χ1) is 4.91. The van der Waals surface area contributed by atoms with E-state index in [1.807, 2.05) is 0 Å². The van der Waals surface area contributed by atoms with Crippen LogP contribution in [0.25, 0.3) is 0 Å². The van der Waals surface area contributed by atoms with E-state index in [1.54, 1.807) is 6.92 Å². The lowest BCUT2D eigenvalue weighted by molar-refractivity contribution is 0.597. The SMILES string of the molecule is Cc1sc(Br)cc1S(N)(=O)=O. The van der Waals surface area contributed by atoms with Gasteiger partial charge in [0.15, 0.2) is 0 Å². The highest BCUT2D eigenvalue weighted by Crippen LogP contribution is 2.28. The molecule has 0 bridgehead atoms. The topological polar surface area (TPSA) is 60.2 Å². The van der Waals surface area contributed by atoms with Crippen molar-refractivity contribution in [3.63, 3.8) is 0 Å². The minimum atomic E-state index is -3.53. The van der Waals surface area contributed by atoms with Gasteiger partial charge >= 0.3 is 0 Å². The van der Waals surface area contributed by atoms with Crippen LogP contribution in [-0.2, 0) is 10.0 Å². The molecular formula is C5H6BrNO2S2. The largest absolute Gasteiger partial charge is 0.239 e. The highest BCUT2D eigenvalue weighted by atomic mass is 79.9. The van der Waals surface area contributed by atoms with Crippen molar-refractivity contribution >= 4 is 37.3 Å². The Morgan fingerprint density at radius 1 is 1.64 bits per heavy atom. The molecule has 0 amide bonds. The monoisotopic (exact) mass is 255 g/mol. The lowest BCUT2D eigenvalue weighted by Crippen LogP contribution is -2.11. The number of halogens is 1. The molecule has 1 aromatic rings. The summed E-state index contributed by atoms with van der Waals surface area (Å²) in [6, 6.07) is 1.51. The van der Waals surface area contributed by atoms with Crippen LogP contribution in [0.1, 0.15) is 4.88 Å². The zero-order chi connectivity index (χ0) is 8.65. The van der Waals surface area contributed by atoms with Crippen molar-refractivity contribution in [2.24, 2.45) is 5.14 Å². The number of hydrogen-bond donors (Lipinski definition) is 1. The van der Waals surface area contributed by atoms with Gasteiger partial charge in [-0.2, -0.15) is 0 Å². The average molecular weight is 256 g/mol. The molecule has 0 spiro atoms. The van der Waals surface area contributed by atoms with Gasteiger partial charge in [-0.1, -0.05) is 0 Å². The molecule has 0 saturated carbocycles. The van der Waals surface area contributed by atoms with Gasteiger partial charge < -0.3 is 0 Å². The van der Waals surface area contributed by atoms with E-state index in [4.69, 9.17) is 5.14 Å².